The first kappa shape index (κ1) is 70.6. The number of para-hydroxylation sites is 3. The van der Waals surface area contributed by atoms with Crippen LogP contribution in [0.2, 0.25) is 0 Å². The normalized spacial score (nSPS) is 11.9. The Balaban J connectivity index is 0.000000183. The number of fused-ring (bicyclic) bond motifs is 6. The number of aryl methyl sites for hydroxylation is 9. The Hall–Kier alpha value is -11.5. The monoisotopic (exact) mass is 1540 g/mol. The van der Waals surface area contributed by atoms with E-state index in [4.69, 9.17) is 4.98 Å². The van der Waals surface area contributed by atoms with Crippen LogP contribution in [0.1, 0.15) is 99.7 Å². The first-order valence-corrected chi connectivity index (χ1v) is 36.2. The molecule has 0 amide bonds. The van der Waals surface area contributed by atoms with Crippen LogP contribution in [0.5, 0.6) is 0 Å². The topological polar surface area (TPSA) is 63.3 Å². The molecule has 0 aliphatic carbocycles. The van der Waals surface area contributed by atoms with Crippen LogP contribution in [0.15, 0.2) is 280 Å². The fourth-order valence-corrected chi connectivity index (χ4v) is 16.1. The summed E-state index contributed by atoms with van der Waals surface area (Å²) in [6.45, 7) is 24.1. The van der Waals surface area contributed by atoms with Gasteiger partial charge in [0.15, 0.2) is 0 Å². The van der Waals surface area contributed by atoms with Crippen LogP contribution >= 0.6 is 0 Å². The molecule has 0 fully saturated rings. The van der Waals surface area contributed by atoms with Crippen LogP contribution < -0.4 is 0 Å². The van der Waals surface area contributed by atoms with Crippen molar-refractivity contribution >= 4 is 43.6 Å². The Morgan fingerprint density at radius 3 is 1.19 bits per heavy atom. The molecular weight excluding hydrogens is 1460 g/mol. The molecule has 0 spiro atoms. The van der Waals surface area contributed by atoms with Gasteiger partial charge in [0, 0.05) is 87.2 Å². The summed E-state index contributed by atoms with van der Waals surface area (Å²) >= 11 is 0. The van der Waals surface area contributed by atoms with Gasteiger partial charge in [0.25, 0.3) is 0 Å². The first-order valence-electron chi connectivity index (χ1n) is 36.2. The van der Waals surface area contributed by atoms with E-state index >= 15 is 0 Å². The molecule has 0 aliphatic rings. The molecule has 0 aliphatic heterocycles. The number of aromatic nitrogens is 8. The minimum absolute atomic E-state index is 0. The SMILES string of the molecule is CCC(CC(C)c1ccc2c(c1)c1ccccc1n2-c1ccc(-c2cccc(-n3c4ccccc4c4ccccc43)c2)cc1)c1c[c-]c(-c2nccn2-c2c(C)cc(C)cc2C)cc1.Cc1cc(C)c(-n2ccnc2-c2[c-]cccc2)c(C)c1.Cc1cc(C)c(-n2ccnc2-c2[c-]cccc2)c(C)c1.[Ir+3]. The van der Waals surface area contributed by atoms with Gasteiger partial charge in [0.2, 0.25) is 0 Å². The largest absolute Gasteiger partial charge is 3.00 e. The molecule has 12 aromatic carbocycles. The molecule has 17 aromatic rings. The zero-order valence-corrected chi connectivity index (χ0v) is 63.9. The van der Waals surface area contributed by atoms with Crippen LogP contribution in [0.4, 0.5) is 0 Å². The van der Waals surface area contributed by atoms with E-state index in [0.29, 0.717) is 11.8 Å². The third kappa shape index (κ3) is 14.0. The van der Waals surface area contributed by atoms with Crippen molar-refractivity contribution in [2.24, 2.45) is 0 Å². The van der Waals surface area contributed by atoms with Gasteiger partial charge in [0.05, 0.1) is 39.5 Å². The smallest absolute Gasteiger partial charge is 0.340 e. The summed E-state index contributed by atoms with van der Waals surface area (Å²) < 4.78 is 11.3. The van der Waals surface area contributed by atoms with Crippen molar-refractivity contribution in [3.63, 3.8) is 0 Å². The van der Waals surface area contributed by atoms with E-state index in [9.17, 15) is 0 Å². The number of nitrogens with zero attached hydrogens (tertiary/aromatic N) is 8. The van der Waals surface area contributed by atoms with E-state index in [0.717, 1.165) is 58.4 Å². The van der Waals surface area contributed by atoms with Gasteiger partial charge in [-0.15, -0.1) is 107 Å². The zero-order valence-electron chi connectivity index (χ0n) is 61.5. The van der Waals surface area contributed by atoms with Crippen molar-refractivity contribution in [3.05, 3.63) is 359 Å². The Morgan fingerprint density at radius 1 is 0.352 bits per heavy atom. The predicted octanol–water partition coefficient (Wildman–Crippen LogP) is 24.3. The fourth-order valence-electron chi connectivity index (χ4n) is 16.1. The van der Waals surface area contributed by atoms with Crippen LogP contribution in [0, 0.1) is 80.5 Å². The molecule has 2 unspecified atom stereocenters. The van der Waals surface area contributed by atoms with E-state index < -0.39 is 0 Å². The van der Waals surface area contributed by atoms with Crippen LogP contribution in [0.3, 0.4) is 0 Å². The molecule has 105 heavy (non-hydrogen) atoms. The summed E-state index contributed by atoms with van der Waals surface area (Å²) in [5.74, 6) is 3.58. The van der Waals surface area contributed by atoms with Gasteiger partial charge in [-0.1, -0.05) is 164 Å². The van der Waals surface area contributed by atoms with Crippen LogP contribution in [0.25, 0.3) is 117 Å². The summed E-state index contributed by atoms with van der Waals surface area (Å²) in [6, 6.07) is 97.5. The first-order chi connectivity index (χ1) is 50.7. The van der Waals surface area contributed by atoms with Crippen molar-refractivity contribution in [3.8, 4) is 73.7 Å². The molecule has 2 atom stereocenters. The Kier molecular flexibility index (Phi) is 20.5. The summed E-state index contributed by atoms with van der Waals surface area (Å²) in [5, 5.41) is 5.12. The molecule has 17 rings (SSSR count). The minimum atomic E-state index is 0. The second-order valence-electron chi connectivity index (χ2n) is 28.0. The molecule has 0 N–H and O–H groups in total. The van der Waals surface area contributed by atoms with Crippen molar-refractivity contribution in [1.29, 1.82) is 0 Å². The molecule has 0 radical (unpaired) electrons. The number of hydrogen-bond donors (Lipinski definition) is 0. The summed E-state index contributed by atoms with van der Waals surface area (Å²) in [6.07, 6.45) is 13.8. The van der Waals surface area contributed by atoms with Gasteiger partial charge >= 0.3 is 20.1 Å². The molecule has 518 valence electrons. The summed E-state index contributed by atoms with van der Waals surface area (Å²) in [7, 11) is 0. The van der Waals surface area contributed by atoms with Crippen molar-refractivity contribution in [1.82, 2.24) is 37.8 Å². The van der Waals surface area contributed by atoms with Crippen molar-refractivity contribution in [2.75, 3.05) is 0 Å². The average Bonchev–Trinajstić information content (AvgIpc) is 1.60. The molecule has 5 heterocycles. The Morgan fingerprint density at radius 2 is 0.762 bits per heavy atom. The van der Waals surface area contributed by atoms with Gasteiger partial charge in [-0.25, -0.2) is 0 Å². The molecule has 0 bridgehead atoms. The second kappa shape index (κ2) is 30.5. The number of benzene rings is 12. The molecule has 0 saturated heterocycles. The maximum absolute atomic E-state index is 4.79. The van der Waals surface area contributed by atoms with Crippen LogP contribution in [-0.2, 0) is 20.1 Å². The van der Waals surface area contributed by atoms with Gasteiger partial charge in [0.1, 0.15) is 0 Å². The third-order valence-electron chi connectivity index (χ3n) is 20.5. The fraction of sp³-hybridized carbons (Fsp3) is 0.156. The van der Waals surface area contributed by atoms with Crippen LogP contribution in [-0.4, -0.2) is 37.8 Å². The zero-order chi connectivity index (χ0) is 71.7. The molecule has 8 nitrogen and oxygen atoms in total. The van der Waals surface area contributed by atoms with E-state index in [-0.39, 0.29) is 20.1 Å². The molecule has 5 aromatic heterocycles. The van der Waals surface area contributed by atoms with Gasteiger partial charge in [-0.2, -0.15) is 0 Å². The molecule has 0 saturated carbocycles. The van der Waals surface area contributed by atoms with E-state index in [1.807, 2.05) is 79.5 Å². The molecular formula is C96H85IrN8. The van der Waals surface area contributed by atoms with Gasteiger partial charge in [-0.05, 0) is 179 Å². The predicted molar refractivity (Wildman–Crippen MR) is 433 cm³/mol. The third-order valence-corrected chi connectivity index (χ3v) is 20.5. The van der Waals surface area contributed by atoms with Gasteiger partial charge < -0.3 is 22.8 Å². The Bertz CT molecular complexity index is 5690. The quantitative estimate of drug-likeness (QED) is 0.102. The average molecular weight is 1540 g/mol. The van der Waals surface area contributed by atoms with Gasteiger partial charge in [-0.3, -0.25) is 15.0 Å². The second-order valence-corrected chi connectivity index (χ2v) is 28.0. The maximum Gasteiger partial charge on any atom is 3.00 e. The summed E-state index contributed by atoms with van der Waals surface area (Å²) in [5.41, 5.74) is 30.4. The van der Waals surface area contributed by atoms with E-state index in [2.05, 4.69) is 327 Å². The van der Waals surface area contributed by atoms with E-state index in [1.54, 1.807) is 0 Å². The standard InChI is InChI=1S/C60H51N4.2C18H17N2.Ir/c1-6-43(44-22-24-46(25-23-44)60-61-32-33-62(60)59-41(4)34-39(2)35-42(59)5)36-40(3)47-28-31-58-54(38-47)53-18-9-12-21-57(53)63(58)49-29-26-45(27-30-49)48-14-13-15-50(37-48)64-55-19-10-7-16-51(55)52-17-8-11-20-56(52)64;2*1-13-11-14(2)17(15(3)12-13)20-10-9-19-18(20)16-7-5-4-6-8-16;/h7-24,26-35,37-38,40,43H,6,36H2,1-5H3;2*4-7,9-12H,1-3H3;/q3*-1;+3. The number of hydrogen-bond acceptors (Lipinski definition) is 3. The van der Waals surface area contributed by atoms with Crippen molar-refractivity contribution < 1.29 is 20.1 Å². The number of rotatable bonds is 14. The maximum atomic E-state index is 4.79. The number of imidazole rings is 3. The molecule has 9 heteroatoms. The summed E-state index contributed by atoms with van der Waals surface area (Å²) in [4.78, 5) is 13.8. The van der Waals surface area contributed by atoms with Crippen molar-refractivity contribution in [2.45, 2.75) is 101 Å². The minimum Gasteiger partial charge on any atom is -0.340 e. The van der Waals surface area contributed by atoms with E-state index in [1.165, 1.54) is 133 Å². The Labute approximate surface area is 631 Å².